The van der Waals surface area contributed by atoms with Crippen molar-refractivity contribution in [3.05, 3.63) is 16.4 Å². The summed E-state index contributed by atoms with van der Waals surface area (Å²) in [5.41, 5.74) is 1.47. The summed E-state index contributed by atoms with van der Waals surface area (Å²) in [6, 6.07) is 0.249. The number of imidazole rings is 1. The van der Waals surface area contributed by atoms with Crippen LogP contribution < -0.4 is 11.1 Å². The maximum absolute atomic E-state index is 11.7. The van der Waals surface area contributed by atoms with Gasteiger partial charge in [-0.25, -0.2) is 19.7 Å². The molecule has 6 rings (SSSR count). The molecule has 0 amide bonds. The highest BCUT2D eigenvalue weighted by atomic mass is 16.5. The summed E-state index contributed by atoms with van der Waals surface area (Å²) in [7, 11) is 0. The minimum absolute atomic E-state index is 0.0160. The number of aliphatic hydroxyl groups excluding tert-OH is 1. The van der Waals surface area contributed by atoms with Crippen molar-refractivity contribution in [3.63, 3.8) is 0 Å². The molecule has 3 atom stereocenters. The van der Waals surface area contributed by atoms with Crippen molar-refractivity contribution in [1.82, 2.24) is 29.7 Å². The largest absolute Gasteiger partial charge is 0.439 e. The number of rotatable bonds is 7. The minimum atomic E-state index is -0.640. The van der Waals surface area contributed by atoms with E-state index in [4.69, 9.17) is 19.5 Å². The third kappa shape index (κ3) is 4.92. The first-order valence-corrected chi connectivity index (χ1v) is 14.3. The van der Waals surface area contributed by atoms with Gasteiger partial charge in [-0.05, 0) is 63.2 Å². The number of hydrogen-bond donors (Lipinski definition) is 3. The molecule has 3 N–H and O–H groups in total. The van der Waals surface area contributed by atoms with Crippen LogP contribution in [0.4, 0.5) is 5.82 Å². The predicted molar refractivity (Wildman–Crippen MR) is 140 cm³/mol. The molecule has 37 heavy (non-hydrogen) atoms. The third-order valence-electron chi connectivity index (χ3n) is 9.14. The molecule has 3 aliphatic rings. The Morgan fingerprint density at radius 2 is 1.84 bits per heavy atom. The number of anilines is 1. The highest BCUT2D eigenvalue weighted by Gasteiger charge is 2.33. The number of H-pyrrole nitrogens is 1. The van der Waals surface area contributed by atoms with E-state index in [-0.39, 0.29) is 23.6 Å². The van der Waals surface area contributed by atoms with Gasteiger partial charge >= 0.3 is 5.76 Å². The molecule has 10 nitrogen and oxygen atoms in total. The van der Waals surface area contributed by atoms with Crippen molar-refractivity contribution < 1.29 is 9.63 Å². The van der Waals surface area contributed by atoms with Gasteiger partial charge in [0.15, 0.2) is 11.5 Å². The van der Waals surface area contributed by atoms with E-state index in [1.807, 2.05) is 0 Å². The zero-order valence-electron chi connectivity index (χ0n) is 21.9. The van der Waals surface area contributed by atoms with Gasteiger partial charge < -0.3 is 15.0 Å². The molecule has 3 fully saturated rings. The second-order valence-electron chi connectivity index (χ2n) is 11.8. The molecule has 3 saturated carbocycles. The van der Waals surface area contributed by atoms with Crippen molar-refractivity contribution >= 4 is 17.0 Å². The van der Waals surface area contributed by atoms with Crippen LogP contribution in [0.5, 0.6) is 0 Å². The Kier molecular flexibility index (Phi) is 6.77. The van der Waals surface area contributed by atoms with Crippen LogP contribution in [0.3, 0.4) is 0 Å². The predicted octanol–water partition coefficient (Wildman–Crippen LogP) is 4.61. The van der Waals surface area contributed by atoms with Crippen molar-refractivity contribution in [1.29, 1.82) is 0 Å². The highest BCUT2D eigenvalue weighted by Crippen LogP contribution is 2.39. The number of fused-ring (bicyclic) bond motifs is 1. The Bertz CT molecular complexity index is 1280. The SMILES string of the molecule is C[C@@H](Nc1nc(-c2noc(=O)[nH]2)nc2nc(C3CCCCC3O)n(C[C@H]3CC[C@H](C)CC3)c12)C1CCC1. The second-order valence-corrected chi connectivity index (χ2v) is 11.8. The Hall–Kier alpha value is -2.75. The molecule has 0 saturated heterocycles. The summed E-state index contributed by atoms with van der Waals surface area (Å²) < 4.78 is 7.06. The molecule has 3 heterocycles. The molecule has 3 aromatic heterocycles. The first-order valence-electron chi connectivity index (χ1n) is 14.3. The highest BCUT2D eigenvalue weighted by molar-refractivity contribution is 5.85. The van der Waals surface area contributed by atoms with E-state index in [1.54, 1.807) is 0 Å². The molecular weight excluding hydrogens is 470 g/mol. The van der Waals surface area contributed by atoms with Gasteiger partial charge in [0.2, 0.25) is 11.6 Å². The van der Waals surface area contributed by atoms with E-state index < -0.39 is 11.9 Å². The van der Waals surface area contributed by atoms with Crippen LogP contribution in [0, 0.1) is 17.8 Å². The van der Waals surface area contributed by atoms with Gasteiger partial charge in [0.05, 0.1) is 6.10 Å². The Morgan fingerprint density at radius 1 is 1.05 bits per heavy atom. The molecule has 3 aromatic rings. The van der Waals surface area contributed by atoms with Gasteiger partial charge in [0.1, 0.15) is 11.3 Å². The molecule has 2 unspecified atom stereocenters. The minimum Gasteiger partial charge on any atom is -0.392 e. The molecule has 0 spiro atoms. The lowest BCUT2D eigenvalue weighted by Gasteiger charge is -2.33. The third-order valence-corrected chi connectivity index (χ3v) is 9.14. The Labute approximate surface area is 216 Å². The summed E-state index contributed by atoms with van der Waals surface area (Å²) in [6.45, 7) is 5.42. The number of aromatic amines is 1. The van der Waals surface area contributed by atoms with Crippen LogP contribution in [0.25, 0.3) is 22.8 Å². The standard InChI is InChI=1S/C27H39N7O3/c1-15-10-12-17(13-11-15)14-34-21-22(28-16(2)18-6-5-7-18)29-24(25-32-27(36)37-33-25)30-23(21)31-26(34)19-8-3-4-9-20(19)35/h15-20,35H,3-14H2,1-2H3,(H,28,29,30)(H,32,33,36)/t15-,16-,17-,19?,20?/m1/s1. The molecule has 0 aromatic carbocycles. The fourth-order valence-corrected chi connectivity index (χ4v) is 6.51. The van der Waals surface area contributed by atoms with Crippen molar-refractivity contribution in [3.8, 4) is 11.6 Å². The lowest BCUT2D eigenvalue weighted by atomic mass is 9.80. The average molecular weight is 510 g/mol. The molecule has 0 aliphatic heterocycles. The number of aromatic nitrogens is 6. The van der Waals surface area contributed by atoms with Crippen LogP contribution in [0.2, 0.25) is 0 Å². The van der Waals surface area contributed by atoms with Crippen LogP contribution >= 0.6 is 0 Å². The molecule has 3 aliphatic carbocycles. The Balaban J connectivity index is 1.48. The maximum atomic E-state index is 11.7. The summed E-state index contributed by atoms with van der Waals surface area (Å²) in [5, 5.41) is 18.5. The van der Waals surface area contributed by atoms with Crippen molar-refractivity contribution in [2.45, 2.75) is 109 Å². The number of nitrogens with zero attached hydrogens (tertiary/aromatic N) is 5. The summed E-state index contributed by atoms with van der Waals surface area (Å²) in [6.07, 6.45) is 12.1. The van der Waals surface area contributed by atoms with Gasteiger partial charge in [-0.15, -0.1) is 0 Å². The van der Waals surface area contributed by atoms with Gasteiger partial charge in [0.25, 0.3) is 0 Å². The molecule has 10 heteroatoms. The monoisotopic (exact) mass is 509 g/mol. The maximum Gasteiger partial charge on any atom is 0.439 e. The van der Waals surface area contributed by atoms with E-state index in [0.29, 0.717) is 17.5 Å². The first-order chi connectivity index (χ1) is 18.0. The van der Waals surface area contributed by atoms with Gasteiger partial charge in [-0.2, -0.15) is 0 Å². The second kappa shape index (κ2) is 10.2. The zero-order chi connectivity index (χ0) is 25.5. The van der Waals surface area contributed by atoms with Crippen LogP contribution in [0.15, 0.2) is 9.32 Å². The van der Waals surface area contributed by atoms with Crippen LogP contribution in [-0.4, -0.2) is 46.9 Å². The quantitative estimate of drug-likeness (QED) is 0.420. The van der Waals surface area contributed by atoms with Gasteiger partial charge in [-0.3, -0.25) is 9.51 Å². The number of aliphatic hydroxyl groups is 1. The van der Waals surface area contributed by atoms with Gasteiger partial charge in [-0.1, -0.05) is 44.2 Å². The van der Waals surface area contributed by atoms with Gasteiger partial charge in [0, 0.05) is 18.5 Å². The lowest BCUT2D eigenvalue weighted by Crippen LogP contribution is -2.31. The van der Waals surface area contributed by atoms with E-state index in [0.717, 1.165) is 55.3 Å². The van der Waals surface area contributed by atoms with E-state index in [9.17, 15) is 9.90 Å². The first kappa shape index (κ1) is 24.6. The smallest absolute Gasteiger partial charge is 0.392 e. The van der Waals surface area contributed by atoms with E-state index in [2.05, 4.69) is 33.9 Å². The molecule has 0 radical (unpaired) electrons. The topological polar surface area (TPSA) is 135 Å². The molecular formula is C27H39N7O3. The Morgan fingerprint density at radius 3 is 2.51 bits per heavy atom. The van der Waals surface area contributed by atoms with Crippen molar-refractivity contribution in [2.24, 2.45) is 17.8 Å². The van der Waals surface area contributed by atoms with Crippen LogP contribution in [-0.2, 0) is 6.54 Å². The molecule has 200 valence electrons. The fourth-order valence-electron chi connectivity index (χ4n) is 6.51. The normalized spacial score (nSPS) is 27.8. The summed E-state index contributed by atoms with van der Waals surface area (Å²) >= 11 is 0. The van der Waals surface area contributed by atoms with Crippen LogP contribution in [0.1, 0.15) is 96.2 Å². The van der Waals surface area contributed by atoms with E-state index >= 15 is 0 Å². The lowest BCUT2D eigenvalue weighted by molar-refractivity contribution is 0.100. The molecule has 0 bridgehead atoms. The average Bonchev–Trinajstić information content (AvgIpc) is 3.43. The van der Waals surface area contributed by atoms with Crippen molar-refractivity contribution in [2.75, 3.05) is 5.32 Å². The number of nitrogens with one attached hydrogen (secondary N) is 2. The summed E-state index contributed by atoms with van der Waals surface area (Å²) in [5.74, 6) is 3.42. The summed E-state index contributed by atoms with van der Waals surface area (Å²) in [4.78, 5) is 28.9. The number of hydrogen-bond acceptors (Lipinski definition) is 8. The fraction of sp³-hybridized carbons (Fsp3) is 0.741. The zero-order valence-corrected chi connectivity index (χ0v) is 21.9. The van der Waals surface area contributed by atoms with E-state index in [1.165, 1.54) is 44.9 Å².